The Bertz CT molecular complexity index is 905. The van der Waals surface area contributed by atoms with Gasteiger partial charge in [-0.25, -0.2) is 0 Å². The summed E-state index contributed by atoms with van der Waals surface area (Å²) >= 11 is 0. The van der Waals surface area contributed by atoms with E-state index in [1.54, 1.807) is 12.1 Å². The normalized spacial score (nSPS) is 14.1. The number of aliphatic hydroxyl groups excluding tert-OH is 1. The third kappa shape index (κ3) is 10.4. The van der Waals surface area contributed by atoms with Crippen LogP contribution in [0.5, 0.6) is 11.5 Å². The number of ether oxygens (including phenoxy) is 1. The maximum absolute atomic E-state index is 12.0. The predicted octanol–water partition coefficient (Wildman–Crippen LogP) is 6.76. The van der Waals surface area contributed by atoms with Crippen molar-refractivity contribution in [2.75, 3.05) is 7.11 Å². The van der Waals surface area contributed by atoms with Gasteiger partial charge in [0, 0.05) is 17.7 Å². The molecule has 0 atom stereocenters. The van der Waals surface area contributed by atoms with E-state index >= 15 is 0 Å². The number of phenolic OH excluding ortho intramolecular Hbond substituents is 2. The summed E-state index contributed by atoms with van der Waals surface area (Å²) in [7, 11) is 1.31. The number of aryl methyl sites for hydroxylation is 1. The lowest BCUT2D eigenvalue weighted by Gasteiger charge is -2.14. The molecule has 1 aromatic rings. The summed E-state index contributed by atoms with van der Waals surface area (Å²) < 4.78 is 4.82. The van der Waals surface area contributed by atoms with Gasteiger partial charge in [0.1, 0.15) is 11.5 Å². The van der Waals surface area contributed by atoms with E-state index in [2.05, 4.69) is 12.2 Å². The summed E-state index contributed by atoms with van der Waals surface area (Å²) in [5, 5.41) is 29.0. The van der Waals surface area contributed by atoms with Crippen molar-refractivity contribution >= 4 is 11.6 Å². The predicted molar refractivity (Wildman–Crippen MR) is 137 cm³/mol. The molecule has 6 heteroatoms. The lowest BCUT2D eigenvalue weighted by molar-refractivity contribution is -0.120. The van der Waals surface area contributed by atoms with Crippen molar-refractivity contribution in [1.29, 1.82) is 0 Å². The van der Waals surface area contributed by atoms with Crippen molar-refractivity contribution in [1.82, 2.24) is 0 Å². The van der Waals surface area contributed by atoms with Crippen LogP contribution in [0.4, 0.5) is 0 Å². The fourth-order valence-corrected chi connectivity index (χ4v) is 4.29. The summed E-state index contributed by atoms with van der Waals surface area (Å²) in [5.74, 6) is -1.27. The van der Waals surface area contributed by atoms with Crippen LogP contribution in [-0.2, 0) is 20.7 Å². The smallest absolute Gasteiger partial charge is 0.262 e. The first-order valence-corrected chi connectivity index (χ1v) is 12.9. The SMILES string of the molecule is COC1=CC(=O)C(CCCCCCCC=CCCCCCCCc2cc(O)cc(O)c2)=C(O)C1=O. The van der Waals surface area contributed by atoms with Crippen LogP contribution in [0.25, 0.3) is 0 Å². The zero-order valence-electron chi connectivity index (χ0n) is 20.9. The number of rotatable bonds is 17. The number of benzene rings is 1. The summed E-state index contributed by atoms with van der Waals surface area (Å²) in [6.07, 6.45) is 20.2. The minimum atomic E-state index is -0.610. The van der Waals surface area contributed by atoms with E-state index in [4.69, 9.17) is 4.74 Å². The van der Waals surface area contributed by atoms with Crippen LogP contribution < -0.4 is 0 Å². The molecular weight excluding hydrogens is 444 g/mol. The molecule has 0 spiro atoms. The first kappa shape index (κ1) is 28.2. The highest BCUT2D eigenvalue weighted by atomic mass is 16.5. The van der Waals surface area contributed by atoms with Crippen LogP contribution >= 0.6 is 0 Å². The van der Waals surface area contributed by atoms with Crippen molar-refractivity contribution < 1.29 is 29.6 Å². The fraction of sp³-hybridized carbons (Fsp3) is 0.517. The first-order chi connectivity index (χ1) is 16.9. The Kier molecular flexibility index (Phi) is 12.7. The van der Waals surface area contributed by atoms with Crippen LogP contribution in [0, 0.1) is 0 Å². The molecule has 1 aliphatic carbocycles. The molecule has 2 rings (SSSR count). The molecule has 1 aliphatic rings. The molecule has 0 saturated heterocycles. The minimum absolute atomic E-state index is 0.103. The van der Waals surface area contributed by atoms with Gasteiger partial charge in [-0.3, -0.25) is 9.59 Å². The van der Waals surface area contributed by atoms with Crippen LogP contribution in [0.15, 0.2) is 53.5 Å². The molecule has 0 aliphatic heterocycles. The summed E-state index contributed by atoms with van der Waals surface area (Å²) in [6, 6.07) is 4.78. The summed E-state index contributed by atoms with van der Waals surface area (Å²) in [6.45, 7) is 0. The minimum Gasteiger partial charge on any atom is -0.508 e. The van der Waals surface area contributed by atoms with Crippen molar-refractivity contribution in [3.8, 4) is 11.5 Å². The molecule has 0 fully saturated rings. The molecule has 1 aromatic carbocycles. The van der Waals surface area contributed by atoms with E-state index in [1.165, 1.54) is 32.4 Å². The maximum Gasteiger partial charge on any atom is 0.262 e. The highest BCUT2D eigenvalue weighted by Gasteiger charge is 2.28. The van der Waals surface area contributed by atoms with E-state index in [1.807, 2.05) is 0 Å². The molecular formula is C29H40O6. The van der Waals surface area contributed by atoms with Gasteiger partial charge in [0.05, 0.1) is 7.11 Å². The van der Waals surface area contributed by atoms with Gasteiger partial charge in [-0.2, -0.15) is 0 Å². The Morgan fingerprint density at radius 3 is 1.80 bits per heavy atom. The van der Waals surface area contributed by atoms with Crippen LogP contribution in [0.3, 0.4) is 0 Å². The van der Waals surface area contributed by atoms with E-state index in [-0.39, 0.29) is 28.6 Å². The van der Waals surface area contributed by atoms with Crippen molar-refractivity contribution in [2.24, 2.45) is 0 Å². The molecule has 0 saturated carbocycles. The summed E-state index contributed by atoms with van der Waals surface area (Å²) in [5.41, 5.74) is 1.19. The Balaban J connectivity index is 1.41. The third-order valence-corrected chi connectivity index (χ3v) is 6.27. The van der Waals surface area contributed by atoms with Gasteiger partial charge in [-0.05, 0) is 69.1 Å². The molecule has 0 amide bonds. The number of unbranched alkanes of at least 4 members (excludes halogenated alkanes) is 10. The van der Waals surface area contributed by atoms with Gasteiger partial charge in [0.2, 0.25) is 0 Å². The number of Topliss-reactive ketones (excluding diaryl/α,β-unsaturated/α-hetero) is 1. The molecule has 0 radical (unpaired) electrons. The molecule has 35 heavy (non-hydrogen) atoms. The standard InChI is InChI=1S/C29H40O6/c1-35-27-21-26(32)25(28(33)29(27)34)17-15-13-11-9-7-5-3-2-4-6-8-10-12-14-16-22-18-23(30)20-24(31)19-22/h2-3,18-21,30-31,33H,4-17H2,1H3. The Morgan fingerprint density at radius 2 is 1.23 bits per heavy atom. The Morgan fingerprint density at radius 1 is 0.714 bits per heavy atom. The quantitative estimate of drug-likeness (QED) is 0.128. The van der Waals surface area contributed by atoms with Crippen molar-refractivity contribution in [3.63, 3.8) is 0 Å². The summed E-state index contributed by atoms with van der Waals surface area (Å²) in [4.78, 5) is 23.9. The first-order valence-electron chi connectivity index (χ1n) is 12.9. The fourth-order valence-electron chi connectivity index (χ4n) is 4.29. The monoisotopic (exact) mass is 484 g/mol. The largest absolute Gasteiger partial charge is 0.508 e. The molecule has 0 bridgehead atoms. The third-order valence-electron chi connectivity index (χ3n) is 6.27. The lowest BCUT2D eigenvalue weighted by atomic mass is 9.95. The molecule has 3 N–H and O–H groups in total. The van der Waals surface area contributed by atoms with Crippen molar-refractivity contribution in [2.45, 2.75) is 89.9 Å². The van der Waals surface area contributed by atoms with Crippen LogP contribution in [0.1, 0.15) is 89.0 Å². The van der Waals surface area contributed by atoms with Gasteiger partial charge < -0.3 is 20.1 Å². The highest BCUT2D eigenvalue weighted by molar-refractivity contribution is 6.20. The Labute approximate surface area is 209 Å². The van der Waals surface area contributed by atoms with Crippen LogP contribution in [-0.4, -0.2) is 34.0 Å². The van der Waals surface area contributed by atoms with Crippen molar-refractivity contribution in [3.05, 3.63) is 59.1 Å². The van der Waals surface area contributed by atoms with Gasteiger partial charge in [-0.15, -0.1) is 0 Å². The zero-order valence-corrected chi connectivity index (χ0v) is 20.9. The number of allylic oxidation sites excluding steroid dienone is 4. The number of aromatic hydroxyl groups is 2. The number of phenols is 2. The number of hydrogen-bond donors (Lipinski definition) is 3. The van der Waals surface area contributed by atoms with E-state index in [0.717, 1.165) is 75.8 Å². The van der Waals surface area contributed by atoms with Gasteiger partial charge in [-0.1, -0.05) is 50.7 Å². The number of methoxy groups -OCH3 is 1. The Hall–Kier alpha value is -3.02. The molecule has 0 unspecified atom stereocenters. The van der Waals surface area contributed by atoms with Gasteiger partial charge in [0.25, 0.3) is 5.78 Å². The second kappa shape index (κ2) is 15.8. The molecule has 192 valence electrons. The molecule has 0 heterocycles. The van der Waals surface area contributed by atoms with Gasteiger partial charge >= 0.3 is 0 Å². The average molecular weight is 485 g/mol. The van der Waals surface area contributed by atoms with E-state index < -0.39 is 11.5 Å². The van der Waals surface area contributed by atoms with Crippen LogP contribution in [0.2, 0.25) is 0 Å². The number of aliphatic hydroxyl groups is 1. The molecule has 6 nitrogen and oxygen atoms in total. The zero-order chi connectivity index (χ0) is 25.5. The number of ketones is 2. The van der Waals surface area contributed by atoms with Gasteiger partial charge in [0.15, 0.2) is 17.3 Å². The van der Waals surface area contributed by atoms with E-state index in [9.17, 15) is 24.9 Å². The topological polar surface area (TPSA) is 104 Å². The second-order valence-electron chi connectivity index (χ2n) is 9.18. The molecule has 0 aromatic heterocycles. The maximum atomic E-state index is 12.0. The average Bonchev–Trinajstić information content (AvgIpc) is 2.82. The second-order valence-corrected chi connectivity index (χ2v) is 9.18. The number of carbonyl (C=O) groups excluding carboxylic acids is 2. The number of hydrogen-bond acceptors (Lipinski definition) is 6. The van der Waals surface area contributed by atoms with E-state index in [0.29, 0.717) is 6.42 Å². The number of carbonyl (C=O) groups is 2. The lowest BCUT2D eigenvalue weighted by Crippen LogP contribution is -2.20. The highest BCUT2D eigenvalue weighted by Crippen LogP contribution is 2.23.